The van der Waals surface area contributed by atoms with Crippen LogP contribution in [0.3, 0.4) is 0 Å². The Morgan fingerprint density at radius 3 is 2.67 bits per heavy atom. The van der Waals surface area contributed by atoms with Crippen molar-refractivity contribution in [3.05, 3.63) is 69.7 Å². The molecule has 6 nitrogen and oxygen atoms in total. The molecule has 2 unspecified atom stereocenters. The fraction of sp³-hybridized carbons (Fsp3) is 0.304. The molecule has 2 fully saturated rings. The van der Waals surface area contributed by atoms with Gasteiger partial charge in [0.25, 0.3) is 11.7 Å². The molecule has 2 aliphatic heterocycles. The third-order valence-electron chi connectivity index (χ3n) is 5.49. The number of halogens is 1. The Hall–Kier alpha value is -2.64. The van der Waals surface area contributed by atoms with E-state index in [2.05, 4.69) is 15.9 Å². The lowest BCUT2D eigenvalue weighted by Crippen LogP contribution is -2.36. The molecule has 1 amide bonds. The van der Waals surface area contributed by atoms with E-state index in [0.29, 0.717) is 30.0 Å². The van der Waals surface area contributed by atoms with E-state index < -0.39 is 17.7 Å². The van der Waals surface area contributed by atoms with Crippen LogP contribution in [0, 0.1) is 0 Å². The molecule has 2 saturated heterocycles. The molecule has 0 aliphatic carbocycles. The second-order valence-corrected chi connectivity index (χ2v) is 8.29. The Morgan fingerprint density at radius 2 is 2.00 bits per heavy atom. The maximum Gasteiger partial charge on any atom is 0.295 e. The summed E-state index contributed by atoms with van der Waals surface area (Å²) >= 11 is 3.37. The van der Waals surface area contributed by atoms with Gasteiger partial charge < -0.3 is 19.5 Å². The largest absolute Gasteiger partial charge is 0.507 e. The van der Waals surface area contributed by atoms with Gasteiger partial charge in [0.15, 0.2) is 0 Å². The summed E-state index contributed by atoms with van der Waals surface area (Å²) in [5, 5.41) is 11.0. The van der Waals surface area contributed by atoms with Crippen LogP contribution in [0.4, 0.5) is 0 Å². The average molecular weight is 472 g/mol. The van der Waals surface area contributed by atoms with Crippen molar-refractivity contribution >= 4 is 33.4 Å². The van der Waals surface area contributed by atoms with Crippen LogP contribution in [0.25, 0.3) is 5.76 Å². The summed E-state index contributed by atoms with van der Waals surface area (Å²) in [5.41, 5.74) is 1.25. The van der Waals surface area contributed by atoms with Crippen molar-refractivity contribution in [1.29, 1.82) is 0 Å². The number of carbonyl (C=O) groups excluding carboxylic acids is 2. The highest BCUT2D eigenvalue weighted by atomic mass is 79.9. The molecular formula is C23H22BrNO5. The second-order valence-electron chi connectivity index (χ2n) is 7.37. The molecule has 0 spiro atoms. The number of likely N-dealkylation sites (tertiary alicyclic amines) is 1. The van der Waals surface area contributed by atoms with Crippen molar-refractivity contribution in [2.24, 2.45) is 0 Å². The summed E-state index contributed by atoms with van der Waals surface area (Å²) in [6, 6.07) is 13.5. The van der Waals surface area contributed by atoms with Crippen molar-refractivity contribution < 1.29 is 24.2 Å². The smallest absolute Gasteiger partial charge is 0.295 e. The number of ether oxygens (including phenoxy) is 2. The summed E-state index contributed by atoms with van der Waals surface area (Å²) in [5.74, 6) is -0.902. The van der Waals surface area contributed by atoms with E-state index in [0.717, 1.165) is 17.3 Å². The molecule has 0 radical (unpaired) electrons. The Bertz CT molecular complexity index is 995. The van der Waals surface area contributed by atoms with Gasteiger partial charge in [0, 0.05) is 23.2 Å². The van der Waals surface area contributed by atoms with Gasteiger partial charge in [-0.3, -0.25) is 9.59 Å². The number of hydrogen-bond acceptors (Lipinski definition) is 5. The quantitative estimate of drug-likeness (QED) is 0.404. The maximum atomic E-state index is 13.0. The van der Waals surface area contributed by atoms with Crippen LogP contribution < -0.4 is 4.74 Å². The molecule has 0 saturated carbocycles. The lowest BCUT2D eigenvalue weighted by atomic mass is 9.95. The molecule has 2 heterocycles. The number of benzene rings is 2. The molecule has 7 heteroatoms. The number of methoxy groups -OCH3 is 1. The van der Waals surface area contributed by atoms with Gasteiger partial charge in [-0.25, -0.2) is 0 Å². The highest BCUT2D eigenvalue weighted by Crippen LogP contribution is 2.41. The van der Waals surface area contributed by atoms with Crippen LogP contribution in [0.5, 0.6) is 5.75 Å². The van der Waals surface area contributed by atoms with Gasteiger partial charge in [0.2, 0.25) is 0 Å². The zero-order chi connectivity index (χ0) is 21.3. The molecule has 4 rings (SSSR count). The molecular weight excluding hydrogens is 450 g/mol. The van der Waals surface area contributed by atoms with Crippen LogP contribution in [-0.2, 0) is 14.3 Å². The third-order valence-corrected chi connectivity index (χ3v) is 6.02. The lowest BCUT2D eigenvalue weighted by Gasteiger charge is -2.27. The van der Waals surface area contributed by atoms with Crippen LogP contribution in [0.1, 0.15) is 30.0 Å². The fourth-order valence-electron chi connectivity index (χ4n) is 4.00. The van der Waals surface area contributed by atoms with Crippen molar-refractivity contribution in [1.82, 2.24) is 4.90 Å². The fourth-order valence-corrected chi connectivity index (χ4v) is 4.26. The first kappa shape index (κ1) is 20.6. The van der Waals surface area contributed by atoms with Crippen LogP contribution >= 0.6 is 15.9 Å². The molecule has 2 atom stereocenters. The molecule has 30 heavy (non-hydrogen) atoms. The number of rotatable bonds is 5. The number of amides is 1. The van der Waals surface area contributed by atoms with Crippen LogP contribution in [-0.4, -0.2) is 48.1 Å². The van der Waals surface area contributed by atoms with Gasteiger partial charge in [-0.15, -0.1) is 0 Å². The average Bonchev–Trinajstić information content (AvgIpc) is 3.36. The minimum Gasteiger partial charge on any atom is -0.507 e. The minimum atomic E-state index is -0.715. The van der Waals surface area contributed by atoms with Gasteiger partial charge in [-0.1, -0.05) is 40.2 Å². The number of Topliss-reactive ketones (excluding diaryl/α,β-unsaturated/α-hetero) is 1. The SMILES string of the molecule is COc1cccc(C2/C(=C(/O)c3ccc(Br)cc3)C(=O)C(=O)N2CC2CCCO2)c1. The summed E-state index contributed by atoms with van der Waals surface area (Å²) in [7, 11) is 1.56. The number of nitrogens with zero attached hydrogens (tertiary/aromatic N) is 1. The monoisotopic (exact) mass is 471 g/mol. The lowest BCUT2D eigenvalue weighted by molar-refractivity contribution is -0.140. The molecule has 2 aromatic carbocycles. The predicted molar refractivity (Wildman–Crippen MR) is 115 cm³/mol. The van der Waals surface area contributed by atoms with E-state index in [1.54, 1.807) is 49.6 Å². The Balaban J connectivity index is 1.83. The van der Waals surface area contributed by atoms with Crippen molar-refractivity contribution in [3.63, 3.8) is 0 Å². The summed E-state index contributed by atoms with van der Waals surface area (Å²) in [6.45, 7) is 0.945. The number of aliphatic hydroxyl groups excluding tert-OH is 1. The molecule has 1 N–H and O–H groups in total. The third kappa shape index (κ3) is 3.87. The van der Waals surface area contributed by atoms with Gasteiger partial charge in [0.1, 0.15) is 11.5 Å². The number of carbonyl (C=O) groups is 2. The van der Waals surface area contributed by atoms with Crippen LogP contribution in [0.15, 0.2) is 58.6 Å². The van der Waals surface area contributed by atoms with Gasteiger partial charge in [0.05, 0.1) is 24.8 Å². The molecule has 2 aliphatic rings. The van der Waals surface area contributed by atoms with E-state index in [9.17, 15) is 14.7 Å². The van der Waals surface area contributed by atoms with Crippen molar-refractivity contribution in [2.45, 2.75) is 25.0 Å². The molecule has 2 aromatic rings. The highest BCUT2D eigenvalue weighted by Gasteiger charge is 2.47. The summed E-state index contributed by atoms with van der Waals surface area (Å²) < 4.78 is 11.9. The number of ketones is 1. The Labute approximate surface area is 183 Å². The van der Waals surface area contributed by atoms with Crippen molar-refractivity contribution in [2.75, 3.05) is 20.3 Å². The van der Waals surface area contributed by atoms with E-state index in [1.807, 2.05) is 6.07 Å². The first-order valence-electron chi connectivity index (χ1n) is 9.79. The Kier molecular flexibility index (Phi) is 5.92. The first-order chi connectivity index (χ1) is 14.5. The first-order valence-corrected chi connectivity index (χ1v) is 10.6. The topological polar surface area (TPSA) is 76.1 Å². The maximum absolute atomic E-state index is 13.0. The zero-order valence-corrected chi connectivity index (χ0v) is 18.1. The molecule has 156 valence electrons. The zero-order valence-electron chi connectivity index (χ0n) is 16.5. The van der Waals surface area contributed by atoms with Crippen LogP contribution in [0.2, 0.25) is 0 Å². The minimum absolute atomic E-state index is 0.0774. The summed E-state index contributed by atoms with van der Waals surface area (Å²) in [4.78, 5) is 27.5. The normalized spacial score (nSPS) is 23.2. The standard InChI is InChI=1S/C23H22BrNO5/c1-29-17-5-2-4-15(12-17)20-19(21(26)14-7-9-16(24)10-8-14)22(27)23(28)25(20)13-18-6-3-11-30-18/h2,4-5,7-10,12,18,20,26H,3,6,11,13H2,1H3/b21-19-. The van der Waals surface area contributed by atoms with Gasteiger partial charge in [-0.05, 0) is 42.7 Å². The summed E-state index contributed by atoms with van der Waals surface area (Å²) in [6.07, 6.45) is 1.64. The number of hydrogen-bond donors (Lipinski definition) is 1. The van der Waals surface area contributed by atoms with Gasteiger partial charge >= 0.3 is 0 Å². The molecule has 0 bridgehead atoms. The second kappa shape index (κ2) is 8.62. The predicted octanol–water partition coefficient (Wildman–Crippen LogP) is 4.06. The molecule has 0 aromatic heterocycles. The van der Waals surface area contributed by atoms with E-state index in [1.165, 1.54) is 4.90 Å². The van der Waals surface area contributed by atoms with E-state index in [-0.39, 0.29) is 17.4 Å². The highest BCUT2D eigenvalue weighted by molar-refractivity contribution is 9.10. The van der Waals surface area contributed by atoms with Crippen molar-refractivity contribution in [3.8, 4) is 5.75 Å². The van der Waals surface area contributed by atoms with Gasteiger partial charge in [-0.2, -0.15) is 0 Å². The van der Waals surface area contributed by atoms with E-state index in [4.69, 9.17) is 9.47 Å². The number of aliphatic hydroxyl groups is 1. The van der Waals surface area contributed by atoms with E-state index >= 15 is 0 Å². The Morgan fingerprint density at radius 1 is 1.23 bits per heavy atom.